The Hall–Kier alpha value is -1.43. The molecule has 0 aliphatic carbocycles. The molecule has 5 nitrogen and oxygen atoms in total. The van der Waals surface area contributed by atoms with Gasteiger partial charge in [-0.2, -0.15) is 0 Å². The van der Waals surface area contributed by atoms with E-state index in [0.29, 0.717) is 19.4 Å². The number of carbonyl (C=O) groups is 2. The summed E-state index contributed by atoms with van der Waals surface area (Å²) in [4.78, 5) is 28.9. The molecular weight excluding hydrogens is 264 g/mol. The molecule has 6 heteroatoms. The van der Waals surface area contributed by atoms with Crippen LogP contribution in [0.15, 0.2) is 5.38 Å². The third kappa shape index (κ3) is 3.53. The smallest absolute Gasteiger partial charge is 0.326 e. The molecule has 2 heterocycles. The summed E-state index contributed by atoms with van der Waals surface area (Å²) in [5.41, 5.74) is 1.01. The van der Waals surface area contributed by atoms with E-state index in [1.807, 2.05) is 12.3 Å². The minimum absolute atomic E-state index is 0.0434. The van der Waals surface area contributed by atoms with Gasteiger partial charge in [0.05, 0.1) is 5.01 Å². The second-order valence-corrected chi connectivity index (χ2v) is 5.76. The highest BCUT2D eigenvalue weighted by Crippen LogP contribution is 2.19. The maximum Gasteiger partial charge on any atom is 0.326 e. The van der Waals surface area contributed by atoms with E-state index >= 15 is 0 Å². The van der Waals surface area contributed by atoms with Crippen LogP contribution in [-0.2, 0) is 16.0 Å². The summed E-state index contributed by atoms with van der Waals surface area (Å²) in [5.74, 6) is -0.931. The zero-order valence-corrected chi connectivity index (χ0v) is 11.8. The Kier molecular flexibility index (Phi) is 4.52. The summed E-state index contributed by atoms with van der Waals surface area (Å²) in [6.45, 7) is 2.53. The summed E-state index contributed by atoms with van der Waals surface area (Å²) < 4.78 is 0. The number of carbonyl (C=O) groups excluding carboxylic acids is 1. The van der Waals surface area contributed by atoms with Crippen molar-refractivity contribution in [2.45, 2.75) is 45.1 Å². The number of aliphatic carboxylic acids is 1. The Morgan fingerprint density at radius 1 is 1.58 bits per heavy atom. The van der Waals surface area contributed by atoms with Crippen molar-refractivity contribution < 1.29 is 14.7 Å². The molecule has 0 unspecified atom stereocenters. The normalized spacial score (nSPS) is 18.8. The van der Waals surface area contributed by atoms with Crippen molar-refractivity contribution in [2.24, 2.45) is 0 Å². The number of carboxylic acid groups (broad SMARTS) is 1. The SMILES string of the molecule is Cc1csc(CCCC(=O)N2CCC[C@H]2C(=O)O)n1. The molecule has 1 saturated heterocycles. The number of rotatable bonds is 5. The van der Waals surface area contributed by atoms with Crippen molar-refractivity contribution in [1.82, 2.24) is 9.88 Å². The number of carboxylic acids is 1. The molecular formula is C13H18N2O3S. The van der Waals surface area contributed by atoms with E-state index < -0.39 is 12.0 Å². The number of thiazole rings is 1. The highest BCUT2D eigenvalue weighted by Gasteiger charge is 2.33. The fourth-order valence-electron chi connectivity index (χ4n) is 2.37. The van der Waals surface area contributed by atoms with Gasteiger partial charge < -0.3 is 10.0 Å². The standard InChI is InChI=1S/C13H18N2O3S/c1-9-8-19-11(14-9)5-2-6-12(16)15-7-3-4-10(15)13(17)18/h8,10H,2-7H2,1H3,(H,17,18)/t10-/m0/s1. The van der Waals surface area contributed by atoms with Crippen LogP contribution in [0.1, 0.15) is 36.4 Å². The Labute approximate surface area is 116 Å². The number of aromatic nitrogens is 1. The molecule has 2 rings (SSSR count). The largest absolute Gasteiger partial charge is 0.480 e. The van der Waals surface area contributed by atoms with Crippen molar-refractivity contribution in [3.8, 4) is 0 Å². The molecule has 19 heavy (non-hydrogen) atoms. The van der Waals surface area contributed by atoms with Gasteiger partial charge in [-0.05, 0) is 32.6 Å². The predicted octanol–water partition coefficient (Wildman–Crippen LogP) is 1.85. The molecule has 1 aromatic heterocycles. The van der Waals surface area contributed by atoms with Crippen LogP contribution in [0.3, 0.4) is 0 Å². The van der Waals surface area contributed by atoms with Crippen molar-refractivity contribution in [3.63, 3.8) is 0 Å². The number of hydrogen-bond acceptors (Lipinski definition) is 4. The topological polar surface area (TPSA) is 70.5 Å². The number of likely N-dealkylation sites (tertiary alicyclic amines) is 1. The Bertz CT molecular complexity index is 472. The third-order valence-electron chi connectivity index (χ3n) is 3.31. The first-order chi connectivity index (χ1) is 9.08. The van der Waals surface area contributed by atoms with Gasteiger partial charge in [0.1, 0.15) is 6.04 Å². The van der Waals surface area contributed by atoms with Gasteiger partial charge in [0.15, 0.2) is 0 Å². The number of amides is 1. The van der Waals surface area contributed by atoms with Gasteiger partial charge in [-0.3, -0.25) is 4.79 Å². The summed E-state index contributed by atoms with van der Waals surface area (Å²) in [6.07, 6.45) is 3.29. The monoisotopic (exact) mass is 282 g/mol. The van der Waals surface area contributed by atoms with Gasteiger partial charge >= 0.3 is 5.97 Å². The van der Waals surface area contributed by atoms with Crippen molar-refractivity contribution >= 4 is 23.2 Å². The lowest BCUT2D eigenvalue weighted by molar-refractivity contribution is -0.148. The molecule has 0 aromatic carbocycles. The molecule has 104 valence electrons. The van der Waals surface area contributed by atoms with E-state index in [-0.39, 0.29) is 5.91 Å². The van der Waals surface area contributed by atoms with Gasteiger partial charge in [-0.25, -0.2) is 9.78 Å². The van der Waals surface area contributed by atoms with Crippen LogP contribution in [0.25, 0.3) is 0 Å². The van der Waals surface area contributed by atoms with Gasteiger partial charge in [-0.15, -0.1) is 11.3 Å². The van der Waals surface area contributed by atoms with E-state index in [0.717, 1.165) is 30.0 Å². The maximum atomic E-state index is 12.0. The minimum atomic E-state index is -0.888. The zero-order valence-electron chi connectivity index (χ0n) is 11.0. The molecule has 1 aromatic rings. The number of nitrogens with zero attached hydrogens (tertiary/aromatic N) is 2. The first-order valence-corrected chi connectivity index (χ1v) is 7.39. The van der Waals surface area contributed by atoms with Crippen molar-refractivity contribution in [2.75, 3.05) is 6.54 Å². The summed E-state index contributed by atoms with van der Waals surface area (Å²) in [6, 6.07) is -0.616. The third-order valence-corrected chi connectivity index (χ3v) is 4.33. The van der Waals surface area contributed by atoms with Gasteiger partial charge in [0.2, 0.25) is 5.91 Å². The summed E-state index contributed by atoms with van der Waals surface area (Å²) in [5, 5.41) is 12.1. The molecule has 1 aliphatic rings. The average Bonchev–Trinajstić information content (AvgIpc) is 2.97. The second-order valence-electron chi connectivity index (χ2n) is 4.82. The quantitative estimate of drug-likeness (QED) is 0.894. The lowest BCUT2D eigenvalue weighted by atomic mass is 10.2. The molecule has 0 radical (unpaired) electrons. The van der Waals surface area contributed by atoms with Gasteiger partial charge in [0.25, 0.3) is 0 Å². The van der Waals surface area contributed by atoms with Crippen LogP contribution < -0.4 is 0 Å². The molecule has 0 bridgehead atoms. The van der Waals surface area contributed by atoms with Gasteiger partial charge in [0, 0.05) is 24.0 Å². The molecule has 0 saturated carbocycles. The molecule has 1 fully saturated rings. The first-order valence-electron chi connectivity index (χ1n) is 6.51. The fourth-order valence-corrected chi connectivity index (χ4v) is 3.19. The molecule has 0 spiro atoms. The van der Waals surface area contributed by atoms with Gasteiger partial charge in [-0.1, -0.05) is 0 Å². The van der Waals surface area contributed by atoms with Crippen LogP contribution in [-0.4, -0.2) is 39.5 Å². The highest BCUT2D eigenvalue weighted by atomic mass is 32.1. The summed E-state index contributed by atoms with van der Waals surface area (Å²) in [7, 11) is 0. The van der Waals surface area contributed by atoms with Crippen LogP contribution in [0, 0.1) is 6.92 Å². The van der Waals surface area contributed by atoms with E-state index in [1.54, 1.807) is 11.3 Å². The zero-order chi connectivity index (χ0) is 13.8. The fraction of sp³-hybridized carbons (Fsp3) is 0.615. The number of hydrogen-bond donors (Lipinski definition) is 1. The second kappa shape index (κ2) is 6.14. The van der Waals surface area contributed by atoms with E-state index in [9.17, 15) is 9.59 Å². The maximum absolute atomic E-state index is 12.0. The Morgan fingerprint density at radius 3 is 3.00 bits per heavy atom. The Morgan fingerprint density at radius 2 is 2.37 bits per heavy atom. The molecule has 1 atom stereocenters. The Balaban J connectivity index is 1.79. The van der Waals surface area contributed by atoms with E-state index in [4.69, 9.17) is 5.11 Å². The lowest BCUT2D eigenvalue weighted by Crippen LogP contribution is -2.40. The predicted molar refractivity (Wildman–Crippen MR) is 72.2 cm³/mol. The van der Waals surface area contributed by atoms with Crippen LogP contribution >= 0.6 is 11.3 Å². The first kappa shape index (κ1) is 14.0. The molecule has 1 aliphatic heterocycles. The highest BCUT2D eigenvalue weighted by molar-refractivity contribution is 7.09. The molecule has 1 N–H and O–H groups in total. The van der Waals surface area contributed by atoms with Crippen LogP contribution in [0.5, 0.6) is 0 Å². The summed E-state index contributed by atoms with van der Waals surface area (Å²) >= 11 is 1.61. The van der Waals surface area contributed by atoms with Crippen molar-refractivity contribution in [1.29, 1.82) is 0 Å². The van der Waals surface area contributed by atoms with E-state index in [1.165, 1.54) is 4.90 Å². The average molecular weight is 282 g/mol. The lowest BCUT2D eigenvalue weighted by Gasteiger charge is -2.21. The van der Waals surface area contributed by atoms with Crippen LogP contribution in [0.4, 0.5) is 0 Å². The minimum Gasteiger partial charge on any atom is -0.480 e. The van der Waals surface area contributed by atoms with E-state index in [2.05, 4.69) is 4.98 Å². The van der Waals surface area contributed by atoms with Crippen molar-refractivity contribution in [3.05, 3.63) is 16.1 Å². The van der Waals surface area contributed by atoms with Crippen LogP contribution in [0.2, 0.25) is 0 Å². The number of aryl methyl sites for hydroxylation is 2. The molecule has 1 amide bonds.